The van der Waals surface area contributed by atoms with Crippen molar-refractivity contribution in [1.82, 2.24) is 15.2 Å². The van der Waals surface area contributed by atoms with Crippen LogP contribution in [0.25, 0.3) is 0 Å². The predicted molar refractivity (Wildman–Crippen MR) is 86.5 cm³/mol. The van der Waals surface area contributed by atoms with Crippen LogP contribution in [0.3, 0.4) is 0 Å². The van der Waals surface area contributed by atoms with Crippen molar-refractivity contribution in [2.24, 2.45) is 5.92 Å². The molecule has 2 unspecified atom stereocenters. The summed E-state index contributed by atoms with van der Waals surface area (Å²) in [6, 6.07) is 6.56. The molecule has 1 saturated heterocycles. The van der Waals surface area contributed by atoms with Gasteiger partial charge in [-0.25, -0.2) is 4.98 Å². The van der Waals surface area contributed by atoms with Crippen molar-refractivity contribution in [2.45, 2.75) is 52.2 Å². The number of piperazine rings is 1. The highest BCUT2D eigenvalue weighted by Crippen LogP contribution is 2.24. The van der Waals surface area contributed by atoms with E-state index in [2.05, 4.69) is 49.0 Å². The lowest BCUT2D eigenvalue weighted by molar-refractivity contribution is 0.0437. The van der Waals surface area contributed by atoms with Gasteiger partial charge in [0.25, 0.3) is 0 Å². The number of ether oxygens (including phenoxy) is 1. The molecule has 1 aromatic heterocycles. The summed E-state index contributed by atoms with van der Waals surface area (Å²) in [4.78, 5) is 7.10. The second-order valence-corrected chi connectivity index (χ2v) is 6.74. The van der Waals surface area contributed by atoms with Crippen LogP contribution >= 0.6 is 0 Å². The Hall–Kier alpha value is -1.13. The highest BCUT2D eigenvalue weighted by molar-refractivity contribution is 5.16. The Morgan fingerprint density at radius 3 is 2.90 bits per heavy atom. The molecule has 0 bridgehead atoms. The van der Waals surface area contributed by atoms with Gasteiger partial charge in [0, 0.05) is 37.3 Å². The summed E-state index contributed by atoms with van der Waals surface area (Å²) in [5, 5.41) is 3.71. The summed E-state index contributed by atoms with van der Waals surface area (Å²) in [6.45, 7) is 12.2. The van der Waals surface area contributed by atoms with Gasteiger partial charge >= 0.3 is 0 Å². The van der Waals surface area contributed by atoms with Crippen LogP contribution < -0.4 is 10.1 Å². The number of hydrogen-bond acceptors (Lipinski definition) is 4. The summed E-state index contributed by atoms with van der Waals surface area (Å²) < 4.78 is 5.23. The van der Waals surface area contributed by atoms with Crippen LogP contribution in [0.5, 0.6) is 5.88 Å². The summed E-state index contributed by atoms with van der Waals surface area (Å²) in [5.41, 5.74) is 1.22. The number of nitrogens with zero attached hydrogens (tertiary/aromatic N) is 2. The molecule has 118 valence electrons. The Kier molecular flexibility index (Phi) is 5.22. The lowest BCUT2D eigenvalue weighted by Crippen LogP contribution is -2.62. The van der Waals surface area contributed by atoms with E-state index in [1.165, 1.54) is 6.42 Å². The maximum Gasteiger partial charge on any atom is 0.213 e. The highest BCUT2D eigenvalue weighted by Gasteiger charge is 2.35. The average Bonchev–Trinajstić information content (AvgIpc) is 2.48. The van der Waals surface area contributed by atoms with Gasteiger partial charge in [-0.2, -0.15) is 0 Å². The van der Waals surface area contributed by atoms with Gasteiger partial charge in [-0.3, -0.25) is 4.90 Å². The van der Waals surface area contributed by atoms with E-state index in [-0.39, 0.29) is 5.54 Å². The van der Waals surface area contributed by atoms with Crippen LogP contribution in [0.4, 0.5) is 0 Å². The van der Waals surface area contributed by atoms with Gasteiger partial charge in [0.15, 0.2) is 0 Å². The molecule has 0 saturated carbocycles. The Morgan fingerprint density at radius 1 is 1.48 bits per heavy atom. The maximum absolute atomic E-state index is 5.23. The summed E-state index contributed by atoms with van der Waals surface area (Å²) in [5.74, 6) is 1.39. The number of methoxy groups -OCH3 is 1. The molecule has 0 radical (unpaired) electrons. The molecule has 1 aliphatic rings. The maximum atomic E-state index is 5.23. The standard InChI is InChI=1S/C17H29N3O/c1-6-13(2)15-11-20(17(3,4)12-18-15)10-14-8-7-9-16(19-14)21-5/h7-9,13,15,18H,6,10-12H2,1-5H3. The van der Waals surface area contributed by atoms with Crippen LogP contribution in [0.1, 0.15) is 39.8 Å². The van der Waals surface area contributed by atoms with E-state index < -0.39 is 0 Å². The van der Waals surface area contributed by atoms with E-state index in [1.54, 1.807) is 7.11 Å². The Morgan fingerprint density at radius 2 is 2.24 bits per heavy atom. The first-order chi connectivity index (χ1) is 9.96. The first-order valence-corrected chi connectivity index (χ1v) is 7.94. The molecule has 1 aromatic rings. The number of rotatable bonds is 5. The molecular weight excluding hydrogens is 262 g/mol. The highest BCUT2D eigenvalue weighted by atomic mass is 16.5. The van der Waals surface area contributed by atoms with Crippen LogP contribution in [0, 0.1) is 5.92 Å². The number of pyridine rings is 1. The molecule has 4 heteroatoms. The zero-order valence-electron chi connectivity index (χ0n) is 14.0. The first kappa shape index (κ1) is 16.2. The van der Waals surface area contributed by atoms with Gasteiger partial charge < -0.3 is 10.1 Å². The molecule has 0 amide bonds. The van der Waals surface area contributed by atoms with Crippen molar-refractivity contribution in [3.8, 4) is 5.88 Å². The van der Waals surface area contributed by atoms with Gasteiger partial charge in [-0.1, -0.05) is 26.3 Å². The van der Waals surface area contributed by atoms with Gasteiger partial charge in [-0.15, -0.1) is 0 Å². The quantitative estimate of drug-likeness (QED) is 0.905. The molecular formula is C17H29N3O. The monoisotopic (exact) mass is 291 g/mol. The molecule has 2 heterocycles. The van der Waals surface area contributed by atoms with Gasteiger partial charge in [0.1, 0.15) is 0 Å². The Bertz CT molecular complexity index is 461. The zero-order valence-corrected chi connectivity index (χ0v) is 14.0. The van der Waals surface area contributed by atoms with Crippen molar-refractivity contribution < 1.29 is 4.74 Å². The predicted octanol–water partition coefficient (Wildman–Crippen LogP) is 2.69. The summed E-state index contributed by atoms with van der Waals surface area (Å²) in [6.07, 6.45) is 1.21. The van der Waals surface area contributed by atoms with Crippen LogP contribution in [-0.4, -0.2) is 41.7 Å². The molecule has 0 aliphatic carbocycles. The number of hydrogen-bond donors (Lipinski definition) is 1. The molecule has 0 spiro atoms. The van der Waals surface area contributed by atoms with E-state index in [4.69, 9.17) is 4.74 Å². The lowest BCUT2D eigenvalue weighted by Gasteiger charge is -2.47. The van der Waals surface area contributed by atoms with Crippen LogP contribution in [-0.2, 0) is 6.54 Å². The molecule has 4 nitrogen and oxygen atoms in total. The molecule has 0 aromatic carbocycles. The molecule has 1 fully saturated rings. The minimum Gasteiger partial charge on any atom is -0.481 e. The third-order valence-electron chi connectivity index (χ3n) is 4.74. The average molecular weight is 291 g/mol. The first-order valence-electron chi connectivity index (χ1n) is 7.94. The number of nitrogens with one attached hydrogen (secondary N) is 1. The van der Waals surface area contributed by atoms with Crippen LogP contribution in [0.2, 0.25) is 0 Å². The van der Waals surface area contributed by atoms with Gasteiger partial charge in [0.2, 0.25) is 5.88 Å². The molecule has 1 N–H and O–H groups in total. The fourth-order valence-corrected chi connectivity index (χ4v) is 2.84. The normalized spacial score (nSPS) is 23.8. The third-order valence-corrected chi connectivity index (χ3v) is 4.74. The van der Waals surface area contributed by atoms with E-state index in [0.717, 1.165) is 25.3 Å². The molecule has 21 heavy (non-hydrogen) atoms. The van der Waals surface area contributed by atoms with E-state index in [1.807, 2.05) is 12.1 Å². The van der Waals surface area contributed by atoms with Crippen molar-refractivity contribution in [3.05, 3.63) is 23.9 Å². The lowest BCUT2D eigenvalue weighted by atomic mass is 9.90. The van der Waals surface area contributed by atoms with Crippen molar-refractivity contribution in [2.75, 3.05) is 20.2 Å². The van der Waals surface area contributed by atoms with Gasteiger partial charge in [-0.05, 0) is 25.8 Å². The zero-order chi connectivity index (χ0) is 15.5. The largest absolute Gasteiger partial charge is 0.481 e. The van der Waals surface area contributed by atoms with E-state index >= 15 is 0 Å². The Balaban J connectivity index is 2.10. The second kappa shape index (κ2) is 6.75. The topological polar surface area (TPSA) is 37.4 Å². The Labute approximate surface area is 128 Å². The minimum absolute atomic E-state index is 0.148. The van der Waals surface area contributed by atoms with Crippen molar-refractivity contribution in [3.63, 3.8) is 0 Å². The van der Waals surface area contributed by atoms with Crippen molar-refractivity contribution in [1.29, 1.82) is 0 Å². The van der Waals surface area contributed by atoms with E-state index in [0.29, 0.717) is 17.8 Å². The SMILES string of the molecule is CCC(C)C1CN(Cc2cccc(OC)n2)C(C)(C)CN1. The minimum atomic E-state index is 0.148. The fourth-order valence-electron chi connectivity index (χ4n) is 2.84. The summed E-state index contributed by atoms with van der Waals surface area (Å²) in [7, 11) is 1.67. The number of aromatic nitrogens is 1. The van der Waals surface area contributed by atoms with Crippen LogP contribution in [0.15, 0.2) is 18.2 Å². The fraction of sp³-hybridized carbons (Fsp3) is 0.706. The van der Waals surface area contributed by atoms with Crippen molar-refractivity contribution >= 4 is 0 Å². The van der Waals surface area contributed by atoms with Gasteiger partial charge in [0.05, 0.1) is 12.8 Å². The molecule has 1 aliphatic heterocycles. The summed E-state index contributed by atoms with van der Waals surface area (Å²) >= 11 is 0. The smallest absolute Gasteiger partial charge is 0.213 e. The van der Waals surface area contributed by atoms with E-state index in [9.17, 15) is 0 Å². The molecule has 2 rings (SSSR count). The second-order valence-electron chi connectivity index (χ2n) is 6.74. The molecule has 2 atom stereocenters. The third kappa shape index (κ3) is 3.95.